The highest BCUT2D eigenvalue weighted by Crippen LogP contribution is 2.23. The molecule has 2 heterocycles. The van der Waals surface area contributed by atoms with Gasteiger partial charge in [0.25, 0.3) is 5.69 Å². The second-order valence-electron chi connectivity index (χ2n) is 4.18. The number of non-ortho nitro benzene ring substituents is 1. The van der Waals surface area contributed by atoms with E-state index in [-0.39, 0.29) is 22.4 Å². The van der Waals surface area contributed by atoms with Gasteiger partial charge >= 0.3 is 5.97 Å². The molecule has 0 spiro atoms. The van der Waals surface area contributed by atoms with Gasteiger partial charge in [-0.25, -0.2) is 4.99 Å². The van der Waals surface area contributed by atoms with Gasteiger partial charge in [0, 0.05) is 17.7 Å². The van der Waals surface area contributed by atoms with Gasteiger partial charge in [-0.15, -0.1) is 10.2 Å². The minimum Gasteiger partial charge on any atom is -0.406 e. The van der Waals surface area contributed by atoms with Crippen molar-refractivity contribution in [1.29, 1.82) is 0 Å². The summed E-state index contributed by atoms with van der Waals surface area (Å²) in [4.78, 5) is 26.2. The van der Waals surface area contributed by atoms with Crippen LogP contribution in [0.2, 0.25) is 0 Å². The standard InChI is InChI=1S/C11H6N6O4S/c18-11-7(8-13-15-16-14-8)10(22)12-9(21-11)5-1-3-6(4-2-5)17(19)20/h1-4,7H,(H,13,14,15,16). The molecule has 0 aliphatic carbocycles. The second-order valence-corrected chi connectivity index (χ2v) is 4.60. The molecule has 0 radical (unpaired) electrons. The third-order valence-electron chi connectivity index (χ3n) is 2.84. The lowest BCUT2D eigenvalue weighted by molar-refractivity contribution is -0.384. The van der Waals surface area contributed by atoms with Crippen LogP contribution in [-0.4, -0.2) is 42.4 Å². The number of nitro benzene ring substituents is 1. The van der Waals surface area contributed by atoms with Gasteiger partial charge in [0.05, 0.1) is 4.92 Å². The molecular formula is C11H6N6O4S. The van der Waals surface area contributed by atoms with E-state index in [0.717, 1.165) is 0 Å². The van der Waals surface area contributed by atoms with Crippen LogP contribution >= 0.6 is 12.2 Å². The molecule has 0 bridgehead atoms. The summed E-state index contributed by atoms with van der Waals surface area (Å²) >= 11 is 5.08. The summed E-state index contributed by atoms with van der Waals surface area (Å²) in [5, 5.41) is 23.6. The molecule has 2 aromatic rings. The Kier molecular flexibility index (Phi) is 3.39. The molecule has 0 fully saturated rings. The highest BCUT2D eigenvalue weighted by molar-refractivity contribution is 7.80. The molecule has 0 saturated carbocycles. The Morgan fingerprint density at radius 1 is 1.32 bits per heavy atom. The van der Waals surface area contributed by atoms with Crippen molar-refractivity contribution in [2.24, 2.45) is 4.99 Å². The van der Waals surface area contributed by atoms with Gasteiger partial charge < -0.3 is 4.74 Å². The molecule has 1 aliphatic heterocycles. The lowest BCUT2D eigenvalue weighted by Gasteiger charge is -2.18. The zero-order valence-electron chi connectivity index (χ0n) is 10.7. The second kappa shape index (κ2) is 5.37. The van der Waals surface area contributed by atoms with Gasteiger partial charge in [-0.2, -0.15) is 5.21 Å². The molecule has 0 amide bonds. The first-order valence-corrected chi connectivity index (χ1v) is 6.29. The largest absolute Gasteiger partial charge is 0.406 e. The molecule has 1 atom stereocenters. The third kappa shape index (κ3) is 2.44. The summed E-state index contributed by atoms with van der Waals surface area (Å²) in [5.74, 6) is -1.64. The number of rotatable bonds is 3. The van der Waals surface area contributed by atoms with Crippen molar-refractivity contribution in [1.82, 2.24) is 20.6 Å². The van der Waals surface area contributed by atoms with Crippen LogP contribution in [-0.2, 0) is 9.53 Å². The van der Waals surface area contributed by atoms with Crippen molar-refractivity contribution in [3.63, 3.8) is 0 Å². The van der Waals surface area contributed by atoms with Crippen molar-refractivity contribution < 1.29 is 14.5 Å². The van der Waals surface area contributed by atoms with Crippen LogP contribution in [0.15, 0.2) is 29.3 Å². The molecule has 1 unspecified atom stereocenters. The van der Waals surface area contributed by atoms with E-state index < -0.39 is 16.8 Å². The molecule has 0 saturated heterocycles. The number of carbonyl (C=O) groups is 1. The van der Waals surface area contributed by atoms with Gasteiger partial charge in [-0.05, 0) is 12.1 Å². The topological polar surface area (TPSA) is 136 Å². The Morgan fingerprint density at radius 2 is 2.05 bits per heavy atom. The van der Waals surface area contributed by atoms with Crippen LogP contribution in [0, 0.1) is 10.1 Å². The van der Waals surface area contributed by atoms with Crippen molar-refractivity contribution in [2.45, 2.75) is 5.92 Å². The van der Waals surface area contributed by atoms with E-state index in [2.05, 4.69) is 25.6 Å². The fourth-order valence-corrected chi connectivity index (χ4v) is 2.08. The normalized spacial score (nSPS) is 17.8. The van der Waals surface area contributed by atoms with E-state index >= 15 is 0 Å². The van der Waals surface area contributed by atoms with E-state index in [1.54, 1.807) is 0 Å². The average molecular weight is 318 g/mol. The minimum atomic E-state index is -1.00. The third-order valence-corrected chi connectivity index (χ3v) is 3.16. The summed E-state index contributed by atoms with van der Waals surface area (Å²) in [7, 11) is 0. The summed E-state index contributed by atoms with van der Waals surface area (Å²) in [5.41, 5.74) is 0.312. The molecule has 10 nitrogen and oxygen atoms in total. The lowest BCUT2D eigenvalue weighted by Crippen LogP contribution is -2.31. The quantitative estimate of drug-likeness (QED) is 0.374. The highest BCUT2D eigenvalue weighted by atomic mass is 32.1. The maximum absolute atomic E-state index is 12.0. The molecule has 22 heavy (non-hydrogen) atoms. The fraction of sp³-hybridized carbons (Fsp3) is 0.0909. The monoisotopic (exact) mass is 318 g/mol. The lowest BCUT2D eigenvalue weighted by atomic mass is 10.1. The molecule has 1 aliphatic rings. The van der Waals surface area contributed by atoms with Crippen LogP contribution in [0.4, 0.5) is 5.69 Å². The summed E-state index contributed by atoms with van der Waals surface area (Å²) < 4.78 is 5.11. The molecule has 1 N–H and O–H groups in total. The Labute approximate surface area is 127 Å². The van der Waals surface area contributed by atoms with Crippen molar-refractivity contribution in [2.75, 3.05) is 0 Å². The predicted molar refractivity (Wildman–Crippen MR) is 75.2 cm³/mol. The molecular weight excluding hydrogens is 312 g/mol. The number of hydrogen-bond donors (Lipinski definition) is 1. The van der Waals surface area contributed by atoms with E-state index in [1.807, 2.05) is 0 Å². The van der Waals surface area contributed by atoms with Crippen LogP contribution < -0.4 is 0 Å². The van der Waals surface area contributed by atoms with Crippen molar-refractivity contribution in [3.05, 3.63) is 45.8 Å². The highest BCUT2D eigenvalue weighted by Gasteiger charge is 2.36. The van der Waals surface area contributed by atoms with Crippen molar-refractivity contribution in [3.8, 4) is 0 Å². The zero-order valence-corrected chi connectivity index (χ0v) is 11.5. The zero-order chi connectivity index (χ0) is 15.7. The maximum Gasteiger partial charge on any atom is 0.330 e. The van der Waals surface area contributed by atoms with Crippen molar-refractivity contribution >= 4 is 34.8 Å². The van der Waals surface area contributed by atoms with Gasteiger partial charge in [0.1, 0.15) is 4.99 Å². The molecule has 11 heteroatoms. The molecule has 1 aromatic heterocycles. The summed E-state index contributed by atoms with van der Waals surface area (Å²) in [6, 6.07) is 5.39. The predicted octanol–water partition coefficient (Wildman–Crippen LogP) is 0.522. The number of ether oxygens (including phenoxy) is 1. The van der Waals surface area contributed by atoms with E-state index in [1.165, 1.54) is 24.3 Å². The molecule has 1 aromatic carbocycles. The number of esters is 1. The Morgan fingerprint density at radius 3 is 2.59 bits per heavy atom. The van der Waals surface area contributed by atoms with Gasteiger partial charge in [0.15, 0.2) is 11.7 Å². The number of thiocarbonyl (C=S) groups is 1. The molecule has 110 valence electrons. The van der Waals surface area contributed by atoms with Crippen LogP contribution in [0.25, 0.3) is 0 Å². The maximum atomic E-state index is 12.0. The Hall–Kier alpha value is -3.08. The van der Waals surface area contributed by atoms with Crippen LogP contribution in [0.5, 0.6) is 0 Å². The average Bonchev–Trinajstić information content (AvgIpc) is 3.00. The number of nitro groups is 1. The Bertz CT molecular complexity index is 785. The summed E-state index contributed by atoms with van der Waals surface area (Å²) in [6.45, 7) is 0. The number of tetrazole rings is 1. The Balaban J connectivity index is 1.90. The number of cyclic esters (lactones) is 1. The van der Waals surface area contributed by atoms with Gasteiger partial charge in [-0.3, -0.25) is 14.9 Å². The van der Waals surface area contributed by atoms with Crippen LogP contribution in [0.1, 0.15) is 17.3 Å². The number of nitrogens with one attached hydrogen (secondary N) is 1. The van der Waals surface area contributed by atoms with Crippen LogP contribution in [0.3, 0.4) is 0 Å². The number of carbonyl (C=O) groups excluding carboxylic acids is 1. The van der Waals surface area contributed by atoms with E-state index in [0.29, 0.717) is 5.56 Å². The SMILES string of the molecule is O=C1OC(c2ccc([N+](=O)[O-])cc2)=NC(=S)C1c1nn[nH]n1. The smallest absolute Gasteiger partial charge is 0.330 e. The number of H-pyrrole nitrogens is 1. The number of aliphatic imine (C=N–C) groups is 1. The van der Waals surface area contributed by atoms with E-state index in [4.69, 9.17) is 17.0 Å². The first-order chi connectivity index (χ1) is 10.6. The molecule has 3 rings (SSSR count). The number of benzene rings is 1. The number of aromatic nitrogens is 4. The number of hydrogen-bond acceptors (Lipinski definition) is 8. The van der Waals surface area contributed by atoms with Gasteiger partial charge in [-0.1, -0.05) is 17.4 Å². The fourth-order valence-electron chi connectivity index (χ4n) is 1.80. The first-order valence-electron chi connectivity index (χ1n) is 5.88. The number of nitrogens with zero attached hydrogens (tertiary/aromatic N) is 5. The van der Waals surface area contributed by atoms with Gasteiger partial charge in [0.2, 0.25) is 5.90 Å². The summed E-state index contributed by atoms with van der Waals surface area (Å²) in [6.07, 6.45) is 0. The number of aromatic amines is 1. The van der Waals surface area contributed by atoms with E-state index in [9.17, 15) is 14.9 Å². The minimum absolute atomic E-state index is 0.0235. The first kappa shape index (κ1) is 13.9.